The van der Waals surface area contributed by atoms with E-state index in [-0.39, 0.29) is 30.7 Å². The smallest absolute Gasteiger partial charge is 0.410 e. The van der Waals surface area contributed by atoms with E-state index in [0.29, 0.717) is 32.4 Å². The molecular formula is C19H31F3N2O3. The van der Waals surface area contributed by atoms with Gasteiger partial charge in [0, 0.05) is 25.0 Å². The third kappa shape index (κ3) is 6.28. The maximum Gasteiger partial charge on any atom is 0.410 e. The second-order valence-corrected chi connectivity index (χ2v) is 8.91. The van der Waals surface area contributed by atoms with Gasteiger partial charge in [0.25, 0.3) is 0 Å². The van der Waals surface area contributed by atoms with Crippen molar-refractivity contribution in [2.24, 2.45) is 17.8 Å². The highest BCUT2D eigenvalue weighted by atomic mass is 19.4. The van der Waals surface area contributed by atoms with E-state index >= 15 is 0 Å². The first-order valence-corrected chi connectivity index (χ1v) is 9.72. The Morgan fingerprint density at radius 1 is 1.11 bits per heavy atom. The standard InChI is InChI=1S/C19H31F3N2O3/c1-12-8-9-24(17(26)27-18(2,3)4)11-15(12)23-16(25)13-6-5-7-14(10-13)19(20,21)22/h12-15H,5-11H2,1-4H3,(H,23,25)/t12-,13+,14-,15+/m1/s1. The number of carbonyl (C=O) groups is 2. The van der Waals surface area contributed by atoms with E-state index in [9.17, 15) is 22.8 Å². The average molecular weight is 392 g/mol. The lowest BCUT2D eigenvalue weighted by Gasteiger charge is -2.39. The second kappa shape index (κ2) is 8.27. The molecule has 4 atom stereocenters. The fourth-order valence-electron chi connectivity index (χ4n) is 3.78. The van der Waals surface area contributed by atoms with Crippen molar-refractivity contribution < 1.29 is 27.5 Å². The number of ether oxygens (including phenoxy) is 1. The first-order valence-electron chi connectivity index (χ1n) is 9.72. The maximum absolute atomic E-state index is 13.0. The summed E-state index contributed by atoms with van der Waals surface area (Å²) in [6, 6.07) is -0.273. The van der Waals surface area contributed by atoms with Crippen LogP contribution in [0.25, 0.3) is 0 Å². The highest BCUT2D eigenvalue weighted by Gasteiger charge is 2.44. The Bertz CT molecular complexity index is 545. The molecule has 8 heteroatoms. The maximum atomic E-state index is 13.0. The zero-order valence-corrected chi connectivity index (χ0v) is 16.6. The van der Waals surface area contributed by atoms with Crippen molar-refractivity contribution in [2.45, 2.75) is 77.6 Å². The van der Waals surface area contributed by atoms with Crippen LogP contribution in [0.3, 0.4) is 0 Å². The molecule has 1 aliphatic heterocycles. The fourth-order valence-corrected chi connectivity index (χ4v) is 3.78. The zero-order valence-electron chi connectivity index (χ0n) is 16.6. The third-order valence-electron chi connectivity index (χ3n) is 5.45. The van der Waals surface area contributed by atoms with Gasteiger partial charge in [-0.05, 0) is 52.4 Å². The van der Waals surface area contributed by atoms with Crippen molar-refractivity contribution in [1.29, 1.82) is 0 Å². The van der Waals surface area contributed by atoms with Crippen LogP contribution in [0.2, 0.25) is 0 Å². The van der Waals surface area contributed by atoms with Gasteiger partial charge in [-0.1, -0.05) is 13.3 Å². The number of rotatable bonds is 2. The van der Waals surface area contributed by atoms with Crippen molar-refractivity contribution in [3.63, 3.8) is 0 Å². The molecule has 0 radical (unpaired) electrons. The number of piperidine rings is 1. The van der Waals surface area contributed by atoms with Crippen LogP contribution < -0.4 is 5.32 Å². The molecule has 0 unspecified atom stereocenters. The minimum absolute atomic E-state index is 0.0968. The van der Waals surface area contributed by atoms with Gasteiger partial charge in [0.2, 0.25) is 5.91 Å². The fraction of sp³-hybridized carbons (Fsp3) is 0.895. The SMILES string of the molecule is C[C@@H]1CCN(C(=O)OC(C)(C)C)C[C@@H]1NC(=O)[C@H]1CCC[C@@H](C(F)(F)F)C1. The number of hydrogen-bond donors (Lipinski definition) is 1. The minimum atomic E-state index is -4.25. The molecule has 27 heavy (non-hydrogen) atoms. The number of halogens is 3. The average Bonchev–Trinajstić information content (AvgIpc) is 2.54. The molecule has 5 nitrogen and oxygen atoms in total. The van der Waals surface area contributed by atoms with E-state index in [1.807, 2.05) is 6.92 Å². The summed E-state index contributed by atoms with van der Waals surface area (Å²) in [4.78, 5) is 26.4. The van der Waals surface area contributed by atoms with Gasteiger partial charge in [0.15, 0.2) is 0 Å². The van der Waals surface area contributed by atoms with Crippen LogP contribution in [-0.4, -0.2) is 47.8 Å². The molecule has 0 aromatic rings. The molecule has 1 aliphatic carbocycles. The lowest BCUT2D eigenvalue weighted by molar-refractivity contribution is -0.186. The number of nitrogens with one attached hydrogen (secondary N) is 1. The highest BCUT2D eigenvalue weighted by Crippen LogP contribution is 2.40. The van der Waals surface area contributed by atoms with Gasteiger partial charge in [-0.25, -0.2) is 4.79 Å². The number of nitrogens with zero attached hydrogens (tertiary/aromatic N) is 1. The van der Waals surface area contributed by atoms with E-state index in [0.717, 1.165) is 0 Å². The Balaban J connectivity index is 1.94. The van der Waals surface area contributed by atoms with Crippen molar-refractivity contribution in [2.75, 3.05) is 13.1 Å². The summed E-state index contributed by atoms with van der Waals surface area (Å²) in [7, 11) is 0. The van der Waals surface area contributed by atoms with Crippen LogP contribution in [0, 0.1) is 17.8 Å². The van der Waals surface area contributed by atoms with Crippen LogP contribution in [0.15, 0.2) is 0 Å². The Hall–Kier alpha value is -1.47. The van der Waals surface area contributed by atoms with E-state index < -0.39 is 29.7 Å². The lowest BCUT2D eigenvalue weighted by atomic mass is 9.80. The van der Waals surface area contributed by atoms with E-state index in [1.165, 1.54) is 0 Å². The minimum Gasteiger partial charge on any atom is -0.444 e. The quantitative estimate of drug-likeness (QED) is 0.769. The molecule has 1 heterocycles. The van der Waals surface area contributed by atoms with Crippen molar-refractivity contribution >= 4 is 12.0 Å². The number of likely N-dealkylation sites (tertiary alicyclic amines) is 1. The highest BCUT2D eigenvalue weighted by molar-refractivity contribution is 5.79. The second-order valence-electron chi connectivity index (χ2n) is 8.91. The molecule has 0 spiro atoms. The van der Waals surface area contributed by atoms with Gasteiger partial charge in [0.1, 0.15) is 5.60 Å². The third-order valence-corrected chi connectivity index (χ3v) is 5.45. The number of alkyl halides is 3. The van der Waals surface area contributed by atoms with Crippen LogP contribution in [-0.2, 0) is 9.53 Å². The summed E-state index contributed by atoms with van der Waals surface area (Å²) in [5.74, 6) is -2.19. The molecule has 156 valence electrons. The molecule has 0 bridgehead atoms. The zero-order chi connectivity index (χ0) is 20.4. The van der Waals surface area contributed by atoms with Gasteiger partial charge < -0.3 is 15.0 Å². The summed E-state index contributed by atoms with van der Waals surface area (Å²) in [5.41, 5.74) is -0.604. The monoisotopic (exact) mass is 392 g/mol. The van der Waals surface area contributed by atoms with Crippen LogP contribution in [0.4, 0.5) is 18.0 Å². The van der Waals surface area contributed by atoms with Gasteiger partial charge in [0.05, 0.1) is 5.92 Å². The van der Waals surface area contributed by atoms with Crippen LogP contribution in [0.1, 0.15) is 59.8 Å². The van der Waals surface area contributed by atoms with E-state index in [1.54, 1.807) is 25.7 Å². The Kier molecular flexibility index (Phi) is 6.68. The predicted molar refractivity (Wildman–Crippen MR) is 95.0 cm³/mol. The number of hydrogen-bond acceptors (Lipinski definition) is 3. The van der Waals surface area contributed by atoms with E-state index in [2.05, 4.69) is 5.32 Å². The van der Waals surface area contributed by atoms with Gasteiger partial charge in [-0.2, -0.15) is 13.2 Å². The Morgan fingerprint density at radius 3 is 2.37 bits per heavy atom. The molecule has 2 fully saturated rings. The van der Waals surface area contributed by atoms with Crippen molar-refractivity contribution in [3.8, 4) is 0 Å². The summed E-state index contributed by atoms with van der Waals surface area (Å²) in [5, 5.41) is 2.90. The molecule has 1 saturated heterocycles. The topological polar surface area (TPSA) is 58.6 Å². The number of carbonyl (C=O) groups excluding carboxylic acids is 2. The first-order chi connectivity index (χ1) is 12.4. The molecule has 1 N–H and O–H groups in total. The Morgan fingerprint density at radius 2 is 1.78 bits per heavy atom. The summed E-state index contributed by atoms with van der Waals surface area (Å²) in [6.07, 6.45) is -3.12. The molecule has 2 rings (SSSR count). The normalized spacial score (nSPS) is 30.0. The summed E-state index contributed by atoms with van der Waals surface area (Å²) < 4.78 is 44.3. The summed E-state index contributed by atoms with van der Waals surface area (Å²) in [6.45, 7) is 8.21. The number of amides is 2. The van der Waals surface area contributed by atoms with Gasteiger partial charge in [-0.3, -0.25) is 4.79 Å². The summed E-state index contributed by atoms with van der Waals surface area (Å²) >= 11 is 0. The van der Waals surface area contributed by atoms with Crippen LogP contribution >= 0.6 is 0 Å². The van der Waals surface area contributed by atoms with Crippen molar-refractivity contribution in [1.82, 2.24) is 10.2 Å². The molecule has 2 amide bonds. The largest absolute Gasteiger partial charge is 0.444 e. The molecular weight excluding hydrogens is 361 g/mol. The molecule has 0 aromatic carbocycles. The van der Waals surface area contributed by atoms with Crippen LogP contribution in [0.5, 0.6) is 0 Å². The van der Waals surface area contributed by atoms with Gasteiger partial charge >= 0.3 is 12.3 Å². The molecule has 1 saturated carbocycles. The van der Waals surface area contributed by atoms with Crippen molar-refractivity contribution in [3.05, 3.63) is 0 Å². The van der Waals surface area contributed by atoms with E-state index in [4.69, 9.17) is 4.74 Å². The van der Waals surface area contributed by atoms with Gasteiger partial charge in [-0.15, -0.1) is 0 Å². The lowest BCUT2D eigenvalue weighted by Crippen LogP contribution is -2.55. The first kappa shape index (κ1) is 21.8. The predicted octanol–water partition coefficient (Wildman–Crippen LogP) is 4.12. The molecule has 2 aliphatic rings. The Labute approximate surface area is 159 Å². The molecule has 0 aromatic heterocycles.